The molecule has 0 bridgehead atoms. The van der Waals surface area contributed by atoms with Gasteiger partial charge >= 0.3 is 5.97 Å². The smallest absolute Gasteiger partial charge is 0.309 e. The third-order valence-electron chi connectivity index (χ3n) is 2.79. The predicted molar refractivity (Wildman–Crippen MR) is 77.0 cm³/mol. The summed E-state index contributed by atoms with van der Waals surface area (Å²) < 4.78 is 10.5. The summed E-state index contributed by atoms with van der Waals surface area (Å²) in [6, 6.07) is 3.85. The molecule has 0 radical (unpaired) electrons. The molecule has 0 spiro atoms. The van der Waals surface area contributed by atoms with Crippen molar-refractivity contribution in [3.8, 4) is 5.75 Å². The molecule has 0 aliphatic rings. The van der Waals surface area contributed by atoms with Crippen molar-refractivity contribution in [3.63, 3.8) is 0 Å². The SMILES string of the molecule is CCOC(=O)CCOc1cc(C(C)C)c(Cl)cc1C. The fraction of sp³-hybridized carbons (Fsp3) is 0.533. The molecule has 0 unspecified atom stereocenters. The number of ether oxygens (including phenoxy) is 2. The fourth-order valence-electron chi connectivity index (χ4n) is 1.74. The molecule has 0 heterocycles. The van der Waals surface area contributed by atoms with Crippen molar-refractivity contribution in [2.24, 2.45) is 0 Å². The zero-order valence-electron chi connectivity index (χ0n) is 12.0. The average molecular weight is 285 g/mol. The number of esters is 1. The monoisotopic (exact) mass is 284 g/mol. The Morgan fingerprint density at radius 3 is 2.63 bits per heavy atom. The molecular weight excluding hydrogens is 264 g/mol. The van der Waals surface area contributed by atoms with Crippen molar-refractivity contribution in [2.75, 3.05) is 13.2 Å². The number of hydrogen-bond donors (Lipinski definition) is 0. The lowest BCUT2D eigenvalue weighted by Crippen LogP contribution is -2.10. The molecule has 0 aliphatic carbocycles. The molecule has 0 saturated carbocycles. The zero-order chi connectivity index (χ0) is 14.4. The Balaban J connectivity index is 2.68. The van der Waals surface area contributed by atoms with Crippen LogP contribution in [-0.2, 0) is 9.53 Å². The Hall–Kier alpha value is -1.22. The Morgan fingerprint density at radius 2 is 2.05 bits per heavy atom. The van der Waals surface area contributed by atoms with E-state index in [1.807, 2.05) is 19.1 Å². The van der Waals surface area contributed by atoms with Gasteiger partial charge in [-0.15, -0.1) is 0 Å². The van der Waals surface area contributed by atoms with E-state index in [0.717, 1.165) is 21.9 Å². The summed E-state index contributed by atoms with van der Waals surface area (Å²) in [5, 5.41) is 0.755. The first-order valence-corrected chi connectivity index (χ1v) is 6.92. The molecule has 0 N–H and O–H groups in total. The normalized spacial score (nSPS) is 10.6. The van der Waals surface area contributed by atoms with Gasteiger partial charge in [0.05, 0.1) is 19.6 Å². The lowest BCUT2D eigenvalue weighted by atomic mass is 10.0. The molecule has 1 aromatic rings. The van der Waals surface area contributed by atoms with Crippen LogP contribution >= 0.6 is 11.6 Å². The van der Waals surface area contributed by atoms with E-state index in [9.17, 15) is 4.79 Å². The number of carbonyl (C=O) groups is 1. The van der Waals surface area contributed by atoms with Gasteiger partial charge in [0.25, 0.3) is 0 Å². The lowest BCUT2D eigenvalue weighted by Gasteiger charge is -2.14. The number of halogens is 1. The lowest BCUT2D eigenvalue weighted by molar-refractivity contribution is -0.143. The molecule has 0 amide bonds. The minimum absolute atomic E-state index is 0.238. The van der Waals surface area contributed by atoms with Crippen LogP contribution in [0.2, 0.25) is 5.02 Å². The number of aryl methyl sites for hydroxylation is 1. The molecule has 3 nitrogen and oxygen atoms in total. The minimum Gasteiger partial charge on any atom is -0.493 e. The molecule has 0 atom stereocenters. The quantitative estimate of drug-likeness (QED) is 0.738. The van der Waals surface area contributed by atoms with Gasteiger partial charge in [-0.25, -0.2) is 0 Å². The summed E-state index contributed by atoms with van der Waals surface area (Å²) in [5.41, 5.74) is 2.02. The van der Waals surface area contributed by atoms with Crippen LogP contribution < -0.4 is 4.74 Å². The maximum Gasteiger partial charge on any atom is 0.309 e. The van der Waals surface area contributed by atoms with Crippen LogP contribution in [0.4, 0.5) is 0 Å². The molecule has 1 aromatic carbocycles. The number of benzene rings is 1. The van der Waals surface area contributed by atoms with Crippen LogP contribution in [0, 0.1) is 6.92 Å². The zero-order valence-corrected chi connectivity index (χ0v) is 12.7. The molecule has 0 fully saturated rings. The highest BCUT2D eigenvalue weighted by molar-refractivity contribution is 6.31. The summed E-state index contributed by atoms with van der Waals surface area (Å²) in [4.78, 5) is 11.2. The summed E-state index contributed by atoms with van der Waals surface area (Å²) in [7, 11) is 0. The first-order chi connectivity index (χ1) is 8.95. The second kappa shape index (κ2) is 7.39. The van der Waals surface area contributed by atoms with Gasteiger partial charge in [0, 0.05) is 5.02 Å². The van der Waals surface area contributed by atoms with E-state index in [0.29, 0.717) is 19.1 Å². The number of carbonyl (C=O) groups excluding carboxylic acids is 1. The number of hydrogen-bond acceptors (Lipinski definition) is 3. The van der Waals surface area contributed by atoms with Gasteiger partial charge in [-0.05, 0) is 43.0 Å². The van der Waals surface area contributed by atoms with Crippen LogP contribution in [0.15, 0.2) is 12.1 Å². The first-order valence-electron chi connectivity index (χ1n) is 6.54. The van der Waals surface area contributed by atoms with Crippen molar-refractivity contribution in [3.05, 3.63) is 28.3 Å². The summed E-state index contributed by atoms with van der Waals surface area (Å²) in [5.74, 6) is 0.871. The van der Waals surface area contributed by atoms with Gasteiger partial charge in [0.2, 0.25) is 0 Å². The van der Waals surface area contributed by atoms with E-state index in [1.54, 1.807) is 6.92 Å². The molecule has 106 valence electrons. The number of rotatable bonds is 6. The average Bonchev–Trinajstić information content (AvgIpc) is 2.31. The van der Waals surface area contributed by atoms with Crippen LogP contribution in [-0.4, -0.2) is 19.2 Å². The molecule has 0 saturated heterocycles. The Labute approximate surface area is 119 Å². The van der Waals surface area contributed by atoms with Gasteiger partial charge in [-0.2, -0.15) is 0 Å². The van der Waals surface area contributed by atoms with Gasteiger partial charge in [-0.3, -0.25) is 4.79 Å². The van der Waals surface area contributed by atoms with Crippen molar-refractivity contribution >= 4 is 17.6 Å². The molecular formula is C15H21ClO3. The molecule has 0 aliphatic heterocycles. The van der Waals surface area contributed by atoms with Crippen molar-refractivity contribution in [1.82, 2.24) is 0 Å². The fourth-order valence-corrected chi connectivity index (χ4v) is 2.18. The van der Waals surface area contributed by atoms with Gasteiger partial charge in [-0.1, -0.05) is 25.4 Å². The maximum atomic E-state index is 11.2. The predicted octanol–water partition coefficient (Wildman–Crippen LogP) is 4.10. The Kier molecular flexibility index (Phi) is 6.16. The maximum absolute atomic E-state index is 11.2. The highest BCUT2D eigenvalue weighted by Crippen LogP contribution is 2.31. The van der Waals surface area contributed by atoms with Crippen molar-refractivity contribution in [2.45, 2.75) is 40.0 Å². The summed E-state index contributed by atoms with van der Waals surface area (Å²) in [6.45, 7) is 8.61. The Morgan fingerprint density at radius 1 is 1.37 bits per heavy atom. The van der Waals surface area contributed by atoms with Crippen LogP contribution in [0.3, 0.4) is 0 Å². The highest BCUT2D eigenvalue weighted by Gasteiger charge is 2.10. The topological polar surface area (TPSA) is 35.5 Å². The summed E-state index contributed by atoms with van der Waals surface area (Å²) in [6.07, 6.45) is 0.257. The molecule has 19 heavy (non-hydrogen) atoms. The minimum atomic E-state index is -0.238. The second-order valence-corrected chi connectivity index (χ2v) is 5.10. The third-order valence-corrected chi connectivity index (χ3v) is 3.11. The van der Waals surface area contributed by atoms with E-state index in [-0.39, 0.29) is 12.4 Å². The van der Waals surface area contributed by atoms with Gasteiger partial charge in [0.1, 0.15) is 5.75 Å². The van der Waals surface area contributed by atoms with Crippen LogP contribution in [0.25, 0.3) is 0 Å². The van der Waals surface area contributed by atoms with Crippen LogP contribution in [0.1, 0.15) is 44.2 Å². The Bertz CT molecular complexity index is 441. The van der Waals surface area contributed by atoms with Crippen molar-refractivity contribution in [1.29, 1.82) is 0 Å². The van der Waals surface area contributed by atoms with E-state index in [4.69, 9.17) is 21.1 Å². The van der Waals surface area contributed by atoms with E-state index in [2.05, 4.69) is 13.8 Å². The van der Waals surface area contributed by atoms with E-state index >= 15 is 0 Å². The van der Waals surface area contributed by atoms with E-state index < -0.39 is 0 Å². The summed E-state index contributed by atoms with van der Waals surface area (Å²) >= 11 is 6.19. The van der Waals surface area contributed by atoms with Gasteiger partial charge < -0.3 is 9.47 Å². The largest absolute Gasteiger partial charge is 0.493 e. The molecule has 1 rings (SSSR count). The highest BCUT2D eigenvalue weighted by atomic mass is 35.5. The van der Waals surface area contributed by atoms with Crippen molar-refractivity contribution < 1.29 is 14.3 Å². The second-order valence-electron chi connectivity index (χ2n) is 4.70. The first kappa shape index (κ1) is 15.8. The van der Waals surface area contributed by atoms with Gasteiger partial charge in [0.15, 0.2) is 0 Å². The standard InChI is InChI=1S/C15H21ClO3/c1-5-18-15(17)6-7-19-14-9-12(10(2)3)13(16)8-11(14)4/h8-10H,5-7H2,1-4H3. The van der Waals surface area contributed by atoms with E-state index in [1.165, 1.54) is 0 Å². The molecule has 0 aromatic heterocycles. The van der Waals surface area contributed by atoms with Crippen LogP contribution in [0.5, 0.6) is 5.75 Å². The molecule has 4 heteroatoms. The third kappa shape index (κ3) is 4.75.